The summed E-state index contributed by atoms with van der Waals surface area (Å²) in [4.78, 5) is 61.1. The predicted molar refractivity (Wildman–Crippen MR) is 128 cm³/mol. The summed E-state index contributed by atoms with van der Waals surface area (Å²) in [5, 5.41) is 26.0. The Morgan fingerprint density at radius 2 is 1.43 bits per heavy atom. The zero-order chi connectivity index (χ0) is 26.7. The van der Waals surface area contributed by atoms with Crippen molar-refractivity contribution in [1.29, 1.82) is 0 Å². The average molecular weight is 493 g/mol. The van der Waals surface area contributed by atoms with Crippen molar-refractivity contribution < 1.29 is 34.2 Å². The Labute approximate surface area is 204 Å². The number of hydrogen-bond acceptors (Lipinski definition) is 6. The summed E-state index contributed by atoms with van der Waals surface area (Å²) in [6, 6.07) is 4.09. The smallest absolute Gasteiger partial charge is 0.326 e. The van der Waals surface area contributed by atoms with Gasteiger partial charge in [-0.05, 0) is 17.4 Å². The molecule has 0 spiro atoms. The number of carboxylic acids is 2. The number of benzene rings is 1. The molecule has 0 aromatic heterocycles. The maximum atomic E-state index is 13.2. The van der Waals surface area contributed by atoms with Crippen molar-refractivity contribution in [3.8, 4) is 0 Å². The fourth-order valence-corrected chi connectivity index (χ4v) is 3.33. The van der Waals surface area contributed by atoms with Crippen LogP contribution in [0.4, 0.5) is 0 Å². The summed E-state index contributed by atoms with van der Waals surface area (Å²) in [5.74, 6) is -5.33. The van der Waals surface area contributed by atoms with Crippen LogP contribution in [0.3, 0.4) is 0 Å². The maximum Gasteiger partial charge on any atom is 0.326 e. The predicted octanol–water partition coefficient (Wildman–Crippen LogP) is 0.272. The molecule has 0 heterocycles. The van der Waals surface area contributed by atoms with Gasteiger partial charge in [0.25, 0.3) is 0 Å². The van der Waals surface area contributed by atoms with E-state index in [9.17, 15) is 29.1 Å². The summed E-state index contributed by atoms with van der Waals surface area (Å²) < 4.78 is 0. The monoisotopic (exact) mass is 492 g/mol. The standard InChI is InChI=1S/C24H36N4O7/c1-5-14(4)20(24(34)35)28-23(33)19(13(2)3)27-22(32)17(11-15-9-7-6-8-10-15)26-21(31)16(25)12-18(29)30/h6-10,13-14,16-17,19-20H,5,11-12,25H2,1-4H3,(H,26,31)(H,27,32)(H,28,33)(H,29,30)(H,34,35). The van der Waals surface area contributed by atoms with Gasteiger partial charge >= 0.3 is 11.9 Å². The zero-order valence-corrected chi connectivity index (χ0v) is 20.5. The average Bonchev–Trinajstić information content (AvgIpc) is 2.79. The molecule has 0 radical (unpaired) electrons. The van der Waals surface area contributed by atoms with Gasteiger partial charge in [0.15, 0.2) is 0 Å². The van der Waals surface area contributed by atoms with Gasteiger partial charge < -0.3 is 31.9 Å². The maximum absolute atomic E-state index is 13.2. The molecule has 0 saturated heterocycles. The van der Waals surface area contributed by atoms with Gasteiger partial charge in [-0.1, -0.05) is 64.4 Å². The molecule has 0 aliphatic heterocycles. The summed E-state index contributed by atoms with van der Waals surface area (Å²) in [6.45, 7) is 6.89. The third-order valence-corrected chi connectivity index (χ3v) is 5.67. The van der Waals surface area contributed by atoms with Crippen LogP contribution in [0.15, 0.2) is 30.3 Å². The van der Waals surface area contributed by atoms with Crippen molar-refractivity contribution in [3.05, 3.63) is 35.9 Å². The van der Waals surface area contributed by atoms with Crippen LogP contribution < -0.4 is 21.7 Å². The largest absolute Gasteiger partial charge is 0.481 e. The van der Waals surface area contributed by atoms with E-state index in [2.05, 4.69) is 16.0 Å². The number of carbonyl (C=O) groups excluding carboxylic acids is 3. The molecule has 0 bridgehead atoms. The number of carbonyl (C=O) groups is 5. The number of nitrogens with two attached hydrogens (primary N) is 1. The molecule has 194 valence electrons. The van der Waals surface area contributed by atoms with E-state index in [-0.39, 0.29) is 12.3 Å². The number of nitrogens with one attached hydrogen (secondary N) is 3. The van der Waals surface area contributed by atoms with E-state index >= 15 is 0 Å². The minimum Gasteiger partial charge on any atom is -0.481 e. The van der Waals surface area contributed by atoms with Crippen molar-refractivity contribution in [3.63, 3.8) is 0 Å². The SMILES string of the molecule is CCC(C)C(NC(=O)C(NC(=O)C(Cc1ccccc1)NC(=O)C(N)CC(=O)O)C(C)C)C(=O)O. The van der Waals surface area contributed by atoms with E-state index in [1.165, 1.54) is 0 Å². The molecular formula is C24H36N4O7. The molecule has 0 saturated carbocycles. The normalized spacial score (nSPS) is 15.3. The van der Waals surface area contributed by atoms with Crippen LogP contribution in [0, 0.1) is 11.8 Å². The van der Waals surface area contributed by atoms with E-state index in [4.69, 9.17) is 10.8 Å². The third kappa shape index (κ3) is 9.73. The highest BCUT2D eigenvalue weighted by molar-refractivity contribution is 5.95. The molecule has 0 aliphatic rings. The van der Waals surface area contributed by atoms with Gasteiger partial charge in [-0.15, -0.1) is 0 Å². The van der Waals surface area contributed by atoms with E-state index in [1.54, 1.807) is 58.0 Å². The molecule has 1 rings (SSSR count). The van der Waals surface area contributed by atoms with E-state index in [0.29, 0.717) is 12.0 Å². The lowest BCUT2D eigenvalue weighted by atomic mass is 9.97. The first-order valence-electron chi connectivity index (χ1n) is 11.5. The lowest BCUT2D eigenvalue weighted by Crippen LogP contribution is -2.59. The third-order valence-electron chi connectivity index (χ3n) is 5.67. The lowest BCUT2D eigenvalue weighted by Gasteiger charge is -2.28. The molecule has 1 aromatic rings. The fourth-order valence-electron chi connectivity index (χ4n) is 3.33. The summed E-state index contributed by atoms with van der Waals surface area (Å²) in [6.07, 6.45) is -0.0261. The number of amides is 3. The van der Waals surface area contributed by atoms with Gasteiger partial charge in [-0.3, -0.25) is 19.2 Å². The fraction of sp³-hybridized carbons (Fsp3) is 0.542. The van der Waals surface area contributed by atoms with E-state index < -0.39 is 66.2 Å². The Morgan fingerprint density at radius 3 is 1.91 bits per heavy atom. The number of rotatable bonds is 14. The summed E-state index contributed by atoms with van der Waals surface area (Å²) >= 11 is 0. The van der Waals surface area contributed by atoms with Crippen LogP contribution in [0.5, 0.6) is 0 Å². The van der Waals surface area contributed by atoms with Crippen molar-refractivity contribution in [2.75, 3.05) is 0 Å². The molecule has 1 aromatic carbocycles. The van der Waals surface area contributed by atoms with Crippen LogP contribution in [-0.2, 0) is 30.4 Å². The van der Waals surface area contributed by atoms with Crippen molar-refractivity contribution in [1.82, 2.24) is 16.0 Å². The second kappa shape index (κ2) is 14.1. The minimum atomic E-state index is -1.37. The Kier molecular flexibility index (Phi) is 11.9. The summed E-state index contributed by atoms with van der Waals surface area (Å²) in [5.41, 5.74) is 6.35. The molecular weight excluding hydrogens is 456 g/mol. The number of aliphatic carboxylic acids is 2. The highest BCUT2D eigenvalue weighted by Crippen LogP contribution is 2.11. The first-order valence-corrected chi connectivity index (χ1v) is 11.5. The van der Waals surface area contributed by atoms with Gasteiger partial charge in [0, 0.05) is 6.42 Å². The molecule has 5 unspecified atom stereocenters. The minimum absolute atomic E-state index is 0.0647. The van der Waals surface area contributed by atoms with Crippen LogP contribution in [0.2, 0.25) is 0 Å². The van der Waals surface area contributed by atoms with Crippen LogP contribution in [0.25, 0.3) is 0 Å². The second-order valence-corrected chi connectivity index (χ2v) is 8.90. The van der Waals surface area contributed by atoms with Crippen molar-refractivity contribution >= 4 is 29.7 Å². The Hall–Kier alpha value is -3.47. The Balaban J connectivity index is 3.09. The van der Waals surface area contributed by atoms with Crippen LogP contribution in [-0.4, -0.2) is 64.0 Å². The first-order chi connectivity index (χ1) is 16.4. The van der Waals surface area contributed by atoms with E-state index in [0.717, 1.165) is 0 Å². The van der Waals surface area contributed by atoms with Crippen LogP contribution in [0.1, 0.15) is 46.1 Å². The van der Waals surface area contributed by atoms with Gasteiger partial charge in [-0.25, -0.2) is 4.79 Å². The van der Waals surface area contributed by atoms with Crippen molar-refractivity contribution in [2.45, 2.75) is 71.1 Å². The molecule has 0 aliphatic carbocycles. The molecule has 7 N–H and O–H groups in total. The number of hydrogen-bond donors (Lipinski definition) is 6. The second-order valence-electron chi connectivity index (χ2n) is 8.90. The molecule has 3 amide bonds. The van der Waals surface area contributed by atoms with Gasteiger partial charge in [0.05, 0.1) is 12.5 Å². The quantitative estimate of drug-likeness (QED) is 0.213. The molecule has 0 fully saturated rings. The molecule has 11 heteroatoms. The highest BCUT2D eigenvalue weighted by Gasteiger charge is 2.33. The summed E-state index contributed by atoms with van der Waals surface area (Å²) in [7, 11) is 0. The van der Waals surface area contributed by atoms with Gasteiger partial charge in [0.2, 0.25) is 17.7 Å². The lowest BCUT2D eigenvalue weighted by molar-refractivity contribution is -0.144. The first kappa shape index (κ1) is 29.6. The zero-order valence-electron chi connectivity index (χ0n) is 20.5. The van der Waals surface area contributed by atoms with Crippen molar-refractivity contribution in [2.24, 2.45) is 17.6 Å². The topological polar surface area (TPSA) is 188 Å². The highest BCUT2D eigenvalue weighted by atomic mass is 16.4. The molecule has 35 heavy (non-hydrogen) atoms. The number of carboxylic acid groups (broad SMARTS) is 2. The van der Waals surface area contributed by atoms with Crippen LogP contribution >= 0.6 is 0 Å². The molecule has 11 nitrogen and oxygen atoms in total. The Bertz CT molecular complexity index is 891. The molecule has 5 atom stereocenters. The van der Waals surface area contributed by atoms with E-state index in [1.807, 2.05) is 0 Å². The van der Waals surface area contributed by atoms with Gasteiger partial charge in [0.1, 0.15) is 18.1 Å². The van der Waals surface area contributed by atoms with Gasteiger partial charge in [-0.2, -0.15) is 0 Å². The Morgan fingerprint density at radius 1 is 0.857 bits per heavy atom.